The highest BCUT2D eigenvalue weighted by atomic mass is 15.1. The summed E-state index contributed by atoms with van der Waals surface area (Å²) in [5.41, 5.74) is 10.0. The lowest BCUT2D eigenvalue weighted by molar-refractivity contribution is 0.691. The van der Waals surface area contributed by atoms with Crippen LogP contribution >= 0.6 is 0 Å². The van der Waals surface area contributed by atoms with E-state index < -0.39 is 0 Å². The summed E-state index contributed by atoms with van der Waals surface area (Å²) >= 11 is 0. The average molecular weight is 511 g/mol. The quantitative estimate of drug-likeness (QED) is 0.246. The van der Waals surface area contributed by atoms with Gasteiger partial charge in [-0.05, 0) is 53.9 Å². The largest absolute Gasteiger partial charge is 0.336 e. The van der Waals surface area contributed by atoms with Crippen LogP contribution in [0.5, 0.6) is 0 Å². The molecule has 4 aromatic heterocycles. The number of benzene rings is 3. The molecule has 8 nitrogen and oxygen atoms in total. The fourth-order valence-electron chi connectivity index (χ4n) is 4.95. The molecule has 7 rings (SSSR count). The molecule has 0 fully saturated rings. The molecule has 39 heavy (non-hydrogen) atoms. The van der Waals surface area contributed by atoms with E-state index >= 15 is 0 Å². The Hall–Kier alpha value is -5.08. The van der Waals surface area contributed by atoms with Crippen LogP contribution in [0.1, 0.15) is 16.8 Å². The van der Waals surface area contributed by atoms with E-state index in [2.05, 4.69) is 79.0 Å². The van der Waals surface area contributed by atoms with E-state index in [9.17, 15) is 0 Å². The average Bonchev–Trinajstić information content (AvgIpc) is 3.71. The van der Waals surface area contributed by atoms with Gasteiger partial charge < -0.3 is 14.9 Å². The van der Waals surface area contributed by atoms with Gasteiger partial charge in [0.2, 0.25) is 0 Å². The Labute approximate surface area is 224 Å². The van der Waals surface area contributed by atoms with Crippen LogP contribution in [0.4, 0.5) is 0 Å². The second kappa shape index (κ2) is 9.66. The molecule has 0 spiro atoms. The fraction of sp³-hybridized carbons (Fsp3) is 0.0968. The molecule has 0 unspecified atom stereocenters. The van der Waals surface area contributed by atoms with Crippen molar-refractivity contribution < 1.29 is 0 Å². The van der Waals surface area contributed by atoms with Gasteiger partial charge in [-0.15, -0.1) is 0 Å². The van der Waals surface area contributed by atoms with Crippen molar-refractivity contribution in [3.8, 4) is 28.3 Å². The Morgan fingerprint density at radius 1 is 0.846 bits per heavy atom. The molecule has 0 aliphatic rings. The van der Waals surface area contributed by atoms with Gasteiger partial charge in [0.05, 0.1) is 28.7 Å². The van der Waals surface area contributed by atoms with Gasteiger partial charge in [0.1, 0.15) is 11.2 Å². The zero-order chi connectivity index (χ0) is 26.2. The molecule has 3 aromatic carbocycles. The number of para-hydroxylation sites is 1. The molecule has 190 valence electrons. The zero-order valence-corrected chi connectivity index (χ0v) is 21.4. The fourth-order valence-corrected chi connectivity index (χ4v) is 4.95. The highest BCUT2D eigenvalue weighted by Gasteiger charge is 2.16. The molecule has 0 aliphatic carbocycles. The summed E-state index contributed by atoms with van der Waals surface area (Å²) in [6, 6.07) is 25.0. The minimum Gasteiger partial charge on any atom is -0.336 e. The molecule has 0 aliphatic heterocycles. The molecule has 0 amide bonds. The normalized spacial score (nSPS) is 11.5. The lowest BCUT2D eigenvalue weighted by atomic mass is 10.0. The van der Waals surface area contributed by atoms with Crippen LogP contribution in [0.15, 0.2) is 97.7 Å². The predicted octanol–water partition coefficient (Wildman–Crippen LogP) is 5.95. The topological polar surface area (TPSA) is 100 Å². The van der Waals surface area contributed by atoms with Gasteiger partial charge in [-0.1, -0.05) is 42.5 Å². The summed E-state index contributed by atoms with van der Waals surface area (Å²) < 4.78 is 2.00. The molecule has 0 saturated carbocycles. The van der Waals surface area contributed by atoms with Crippen molar-refractivity contribution in [3.63, 3.8) is 0 Å². The SMILES string of the molecule is Cc1cn(-c2cccc3[nH]c(-c4n[nH]c5ccc(-c6cncc(CNCc7ccccc7)c6)cc45)nc23)cn1. The van der Waals surface area contributed by atoms with Crippen LogP contribution in [0.2, 0.25) is 0 Å². The highest BCUT2D eigenvalue weighted by molar-refractivity contribution is 5.96. The van der Waals surface area contributed by atoms with Crippen LogP contribution in [-0.4, -0.2) is 34.7 Å². The van der Waals surface area contributed by atoms with Crippen LogP contribution in [0.25, 0.3) is 50.3 Å². The molecular formula is C31H26N8. The van der Waals surface area contributed by atoms with Crippen molar-refractivity contribution in [1.82, 2.24) is 40.0 Å². The molecule has 0 saturated heterocycles. The molecule has 8 heteroatoms. The van der Waals surface area contributed by atoms with Gasteiger partial charge in [0.25, 0.3) is 0 Å². The van der Waals surface area contributed by atoms with Crippen molar-refractivity contribution in [3.05, 3.63) is 115 Å². The first-order chi connectivity index (χ1) is 19.2. The summed E-state index contributed by atoms with van der Waals surface area (Å²) in [7, 11) is 0. The molecule has 0 atom stereocenters. The van der Waals surface area contributed by atoms with E-state index in [0.717, 1.165) is 74.6 Å². The van der Waals surface area contributed by atoms with Gasteiger partial charge in [0, 0.05) is 42.6 Å². The first-order valence-corrected chi connectivity index (χ1v) is 12.9. The Balaban J connectivity index is 1.20. The number of hydrogen-bond donors (Lipinski definition) is 3. The second-order valence-electron chi connectivity index (χ2n) is 9.68. The van der Waals surface area contributed by atoms with E-state index in [1.165, 1.54) is 5.56 Å². The number of hydrogen-bond acceptors (Lipinski definition) is 5. The van der Waals surface area contributed by atoms with E-state index in [4.69, 9.17) is 4.98 Å². The van der Waals surface area contributed by atoms with Crippen molar-refractivity contribution in [2.75, 3.05) is 0 Å². The Morgan fingerprint density at radius 3 is 2.62 bits per heavy atom. The minimum atomic E-state index is 0.717. The number of aromatic amines is 2. The molecule has 7 aromatic rings. The highest BCUT2D eigenvalue weighted by Crippen LogP contribution is 2.31. The molecular weight excluding hydrogens is 484 g/mol. The maximum atomic E-state index is 4.96. The van der Waals surface area contributed by atoms with Crippen LogP contribution in [0, 0.1) is 6.92 Å². The van der Waals surface area contributed by atoms with Crippen molar-refractivity contribution in [2.24, 2.45) is 0 Å². The van der Waals surface area contributed by atoms with Crippen LogP contribution < -0.4 is 5.32 Å². The zero-order valence-electron chi connectivity index (χ0n) is 21.4. The smallest absolute Gasteiger partial charge is 0.159 e. The maximum Gasteiger partial charge on any atom is 0.159 e. The minimum absolute atomic E-state index is 0.717. The Morgan fingerprint density at radius 2 is 1.74 bits per heavy atom. The van der Waals surface area contributed by atoms with Gasteiger partial charge in [0.15, 0.2) is 5.82 Å². The van der Waals surface area contributed by atoms with Crippen LogP contribution in [-0.2, 0) is 13.1 Å². The summed E-state index contributed by atoms with van der Waals surface area (Å²) in [4.78, 5) is 17.3. The van der Waals surface area contributed by atoms with Crippen molar-refractivity contribution in [2.45, 2.75) is 20.0 Å². The van der Waals surface area contributed by atoms with Gasteiger partial charge >= 0.3 is 0 Å². The maximum absolute atomic E-state index is 4.96. The molecule has 0 radical (unpaired) electrons. The van der Waals surface area contributed by atoms with Crippen molar-refractivity contribution >= 4 is 21.9 Å². The van der Waals surface area contributed by atoms with Crippen LogP contribution in [0.3, 0.4) is 0 Å². The number of fused-ring (bicyclic) bond motifs is 2. The number of nitrogens with zero attached hydrogens (tertiary/aromatic N) is 5. The lowest BCUT2D eigenvalue weighted by Crippen LogP contribution is -2.12. The third-order valence-electron chi connectivity index (χ3n) is 6.90. The number of aromatic nitrogens is 7. The Kier molecular flexibility index (Phi) is 5.71. The summed E-state index contributed by atoms with van der Waals surface area (Å²) in [6.07, 6.45) is 7.63. The van der Waals surface area contributed by atoms with E-state index in [-0.39, 0.29) is 0 Å². The number of imidazole rings is 2. The number of rotatable bonds is 7. The van der Waals surface area contributed by atoms with Gasteiger partial charge in [-0.3, -0.25) is 10.1 Å². The number of aryl methyl sites for hydroxylation is 1. The predicted molar refractivity (Wildman–Crippen MR) is 153 cm³/mol. The summed E-state index contributed by atoms with van der Waals surface area (Å²) in [6.45, 7) is 3.54. The number of nitrogens with one attached hydrogen (secondary N) is 3. The van der Waals surface area contributed by atoms with Crippen molar-refractivity contribution in [1.29, 1.82) is 0 Å². The number of H-pyrrole nitrogens is 2. The monoisotopic (exact) mass is 510 g/mol. The Bertz CT molecular complexity index is 1910. The molecule has 3 N–H and O–H groups in total. The van der Waals surface area contributed by atoms with Gasteiger partial charge in [-0.25, -0.2) is 9.97 Å². The molecule has 0 bridgehead atoms. The van der Waals surface area contributed by atoms with Gasteiger partial charge in [-0.2, -0.15) is 5.10 Å². The first-order valence-electron chi connectivity index (χ1n) is 12.9. The second-order valence-corrected chi connectivity index (χ2v) is 9.68. The summed E-state index contributed by atoms with van der Waals surface area (Å²) in [5, 5.41) is 12.3. The lowest BCUT2D eigenvalue weighted by Gasteiger charge is -2.07. The first kappa shape index (κ1) is 23.1. The van der Waals surface area contributed by atoms with E-state index in [1.807, 2.05) is 60.7 Å². The van der Waals surface area contributed by atoms with E-state index in [1.54, 1.807) is 0 Å². The summed E-state index contributed by atoms with van der Waals surface area (Å²) in [5.74, 6) is 0.717. The van der Waals surface area contributed by atoms with E-state index in [0.29, 0.717) is 0 Å². The number of pyridine rings is 1. The molecule has 4 heterocycles. The third-order valence-corrected chi connectivity index (χ3v) is 6.90. The standard InChI is InChI=1S/C31H26N8/c1-20-18-39(19-34-20)28-9-5-8-27-30(28)36-31(35-27)29-25-13-23(10-11-26(25)37-38-29)24-12-22(16-33-17-24)15-32-14-21-6-3-2-4-7-21/h2-13,16-19,32H,14-15H2,1H3,(H,35,36)(H,37,38). The third kappa shape index (κ3) is 4.47.